The van der Waals surface area contributed by atoms with Crippen molar-refractivity contribution < 1.29 is 14.4 Å². The highest BCUT2D eigenvalue weighted by molar-refractivity contribution is 6.30. The van der Waals surface area contributed by atoms with Crippen LogP contribution in [0.4, 0.5) is 17.1 Å². The zero-order valence-corrected chi connectivity index (χ0v) is 14.9. The SMILES string of the molecule is CC(=O)Nc1ccc(NC(=O)C2(C(=O)Nc3ccc(Cl)cc3)CC2)cc1. The van der Waals surface area contributed by atoms with Crippen molar-refractivity contribution in [3.8, 4) is 0 Å². The molecule has 3 rings (SSSR count). The Balaban J connectivity index is 1.64. The Morgan fingerprint density at radius 2 is 1.15 bits per heavy atom. The molecule has 0 saturated heterocycles. The second kappa shape index (κ2) is 7.17. The highest BCUT2D eigenvalue weighted by Gasteiger charge is 2.56. The van der Waals surface area contributed by atoms with Crippen molar-refractivity contribution in [2.24, 2.45) is 5.41 Å². The third-order valence-corrected chi connectivity index (χ3v) is 4.44. The van der Waals surface area contributed by atoms with Crippen LogP contribution >= 0.6 is 11.6 Å². The third-order valence-electron chi connectivity index (χ3n) is 4.18. The van der Waals surface area contributed by atoms with Crippen LogP contribution in [0.1, 0.15) is 19.8 Å². The standard InChI is InChI=1S/C19H18ClN3O3/c1-12(24)21-14-6-8-16(9-7-14)23-18(26)19(10-11-19)17(25)22-15-4-2-13(20)3-5-15/h2-9H,10-11H2,1H3,(H,21,24)(H,22,25)(H,23,26). The van der Waals surface area contributed by atoms with E-state index in [9.17, 15) is 14.4 Å². The summed E-state index contributed by atoms with van der Waals surface area (Å²) in [4.78, 5) is 36.1. The molecule has 0 aromatic heterocycles. The van der Waals surface area contributed by atoms with Crippen LogP contribution < -0.4 is 16.0 Å². The normalized spacial score (nSPS) is 14.2. The number of carbonyl (C=O) groups excluding carboxylic acids is 3. The Hall–Kier alpha value is -2.86. The number of benzene rings is 2. The highest BCUT2D eigenvalue weighted by atomic mass is 35.5. The molecule has 0 bridgehead atoms. The van der Waals surface area contributed by atoms with Crippen molar-refractivity contribution in [1.29, 1.82) is 0 Å². The zero-order valence-electron chi connectivity index (χ0n) is 14.1. The third kappa shape index (κ3) is 4.03. The van der Waals surface area contributed by atoms with Crippen LogP contribution in [0.3, 0.4) is 0 Å². The number of anilines is 3. The summed E-state index contributed by atoms with van der Waals surface area (Å²) in [7, 11) is 0. The van der Waals surface area contributed by atoms with Gasteiger partial charge in [-0.05, 0) is 61.4 Å². The molecule has 134 valence electrons. The summed E-state index contributed by atoms with van der Waals surface area (Å²) in [5.74, 6) is -0.832. The van der Waals surface area contributed by atoms with E-state index in [4.69, 9.17) is 11.6 Å². The minimum absolute atomic E-state index is 0.169. The van der Waals surface area contributed by atoms with E-state index in [1.807, 2.05) is 0 Å². The number of hydrogen-bond donors (Lipinski definition) is 3. The Labute approximate surface area is 155 Å². The van der Waals surface area contributed by atoms with Crippen LogP contribution in [0.15, 0.2) is 48.5 Å². The van der Waals surface area contributed by atoms with E-state index in [1.54, 1.807) is 48.5 Å². The summed E-state index contributed by atoms with van der Waals surface area (Å²) < 4.78 is 0. The molecule has 1 saturated carbocycles. The molecular weight excluding hydrogens is 354 g/mol. The van der Waals surface area contributed by atoms with E-state index in [-0.39, 0.29) is 17.7 Å². The van der Waals surface area contributed by atoms with Gasteiger partial charge >= 0.3 is 0 Å². The second-order valence-electron chi connectivity index (χ2n) is 6.26. The molecule has 1 aliphatic rings. The van der Waals surface area contributed by atoms with Gasteiger partial charge in [0, 0.05) is 29.0 Å². The molecule has 26 heavy (non-hydrogen) atoms. The van der Waals surface area contributed by atoms with Gasteiger partial charge in [0.25, 0.3) is 0 Å². The first-order chi connectivity index (χ1) is 12.4. The Bertz CT molecular complexity index is 843. The lowest BCUT2D eigenvalue weighted by Crippen LogP contribution is -2.35. The maximum Gasteiger partial charge on any atom is 0.240 e. The van der Waals surface area contributed by atoms with Gasteiger partial charge in [0.15, 0.2) is 0 Å². The van der Waals surface area contributed by atoms with Gasteiger partial charge in [0.2, 0.25) is 17.7 Å². The van der Waals surface area contributed by atoms with Crippen LogP contribution in [-0.4, -0.2) is 17.7 Å². The molecule has 2 aromatic rings. The Morgan fingerprint density at radius 3 is 1.54 bits per heavy atom. The first kappa shape index (κ1) is 17.9. The minimum Gasteiger partial charge on any atom is -0.326 e. The maximum atomic E-state index is 12.6. The molecule has 1 fully saturated rings. The topological polar surface area (TPSA) is 87.3 Å². The smallest absolute Gasteiger partial charge is 0.240 e. The summed E-state index contributed by atoms with van der Waals surface area (Å²) in [5, 5.41) is 8.76. The summed E-state index contributed by atoms with van der Waals surface area (Å²) in [5.41, 5.74) is 0.751. The molecule has 3 amide bonds. The molecule has 6 nitrogen and oxygen atoms in total. The lowest BCUT2D eigenvalue weighted by molar-refractivity contribution is -0.131. The van der Waals surface area contributed by atoms with E-state index in [1.165, 1.54) is 6.92 Å². The highest BCUT2D eigenvalue weighted by Crippen LogP contribution is 2.47. The zero-order chi connectivity index (χ0) is 18.7. The average Bonchev–Trinajstić information content (AvgIpc) is 3.40. The molecule has 3 N–H and O–H groups in total. The van der Waals surface area contributed by atoms with Crippen molar-refractivity contribution in [3.63, 3.8) is 0 Å². The fourth-order valence-corrected chi connectivity index (χ4v) is 2.68. The van der Waals surface area contributed by atoms with Crippen molar-refractivity contribution >= 4 is 46.4 Å². The van der Waals surface area contributed by atoms with Crippen LogP contribution in [0.5, 0.6) is 0 Å². The monoisotopic (exact) mass is 371 g/mol. The number of halogens is 1. The van der Waals surface area contributed by atoms with Gasteiger partial charge in [-0.1, -0.05) is 11.6 Å². The van der Waals surface area contributed by atoms with E-state index >= 15 is 0 Å². The van der Waals surface area contributed by atoms with E-state index in [0.717, 1.165) is 0 Å². The van der Waals surface area contributed by atoms with Crippen LogP contribution in [-0.2, 0) is 14.4 Å². The second-order valence-corrected chi connectivity index (χ2v) is 6.69. The lowest BCUT2D eigenvalue weighted by Gasteiger charge is -2.16. The van der Waals surface area contributed by atoms with Gasteiger partial charge in [-0.2, -0.15) is 0 Å². The molecule has 0 spiro atoms. The molecular formula is C19H18ClN3O3. The van der Waals surface area contributed by atoms with Gasteiger partial charge in [-0.15, -0.1) is 0 Å². The molecule has 1 aliphatic carbocycles. The fourth-order valence-electron chi connectivity index (χ4n) is 2.56. The molecule has 0 heterocycles. The van der Waals surface area contributed by atoms with Gasteiger partial charge < -0.3 is 16.0 Å². The van der Waals surface area contributed by atoms with Crippen LogP contribution in [0, 0.1) is 5.41 Å². The van der Waals surface area contributed by atoms with E-state index < -0.39 is 5.41 Å². The molecule has 7 heteroatoms. The molecule has 0 radical (unpaired) electrons. The molecule has 2 aromatic carbocycles. The Kier molecular flexibility index (Phi) is 4.95. The van der Waals surface area contributed by atoms with Crippen LogP contribution in [0.25, 0.3) is 0 Å². The van der Waals surface area contributed by atoms with Crippen LogP contribution in [0.2, 0.25) is 5.02 Å². The predicted octanol–water partition coefficient (Wildman–Crippen LogP) is 3.66. The number of carbonyl (C=O) groups is 3. The van der Waals surface area contributed by atoms with Gasteiger partial charge in [-0.3, -0.25) is 14.4 Å². The number of hydrogen-bond acceptors (Lipinski definition) is 3. The summed E-state index contributed by atoms with van der Waals surface area (Å²) in [6, 6.07) is 13.5. The average molecular weight is 372 g/mol. The quantitative estimate of drug-likeness (QED) is 0.701. The molecule has 0 unspecified atom stereocenters. The van der Waals surface area contributed by atoms with E-state index in [2.05, 4.69) is 16.0 Å². The number of nitrogens with one attached hydrogen (secondary N) is 3. The summed E-state index contributed by atoms with van der Waals surface area (Å²) in [6.45, 7) is 1.42. The van der Waals surface area contributed by atoms with Crippen molar-refractivity contribution in [2.75, 3.05) is 16.0 Å². The van der Waals surface area contributed by atoms with E-state index in [0.29, 0.717) is 34.9 Å². The largest absolute Gasteiger partial charge is 0.326 e. The van der Waals surface area contributed by atoms with Gasteiger partial charge in [-0.25, -0.2) is 0 Å². The van der Waals surface area contributed by atoms with Crippen molar-refractivity contribution in [1.82, 2.24) is 0 Å². The molecule has 0 atom stereocenters. The Morgan fingerprint density at radius 1 is 0.769 bits per heavy atom. The number of amides is 3. The summed E-state index contributed by atoms with van der Waals surface area (Å²) >= 11 is 5.83. The first-order valence-electron chi connectivity index (χ1n) is 8.15. The first-order valence-corrected chi connectivity index (χ1v) is 8.53. The van der Waals surface area contributed by atoms with Crippen molar-refractivity contribution in [2.45, 2.75) is 19.8 Å². The minimum atomic E-state index is -1.05. The van der Waals surface area contributed by atoms with Gasteiger partial charge in [0.05, 0.1) is 0 Å². The fraction of sp³-hybridized carbons (Fsp3) is 0.211. The maximum absolute atomic E-state index is 12.6. The number of rotatable bonds is 5. The van der Waals surface area contributed by atoms with Crippen molar-refractivity contribution in [3.05, 3.63) is 53.6 Å². The predicted molar refractivity (Wildman–Crippen MR) is 101 cm³/mol. The lowest BCUT2D eigenvalue weighted by atomic mass is 10.0. The molecule has 0 aliphatic heterocycles. The van der Waals surface area contributed by atoms with Gasteiger partial charge in [0.1, 0.15) is 5.41 Å². The summed E-state index contributed by atoms with van der Waals surface area (Å²) in [6.07, 6.45) is 1.00.